The van der Waals surface area contributed by atoms with E-state index in [0.717, 1.165) is 44.0 Å². The van der Waals surface area contributed by atoms with Crippen molar-refractivity contribution < 1.29 is 14.1 Å². The molecule has 2 heterocycles. The molecule has 2 aromatic rings. The molecular formula is C20H29N5O3. The molecule has 3 rings (SSSR count). The standard InChI is InChI=1S/C20H29N5O3/c1-15(20-21-16(2)22-28-20)25-11-9-24(10-12-25)13-17-7-5-6-8-18(17)27-14-19(26)23(3)4/h5-8,15H,9-14H2,1-4H3. The zero-order valence-electron chi connectivity index (χ0n) is 17.1. The van der Waals surface area contributed by atoms with Crippen LogP contribution in [0.3, 0.4) is 0 Å². The lowest BCUT2D eigenvalue weighted by Gasteiger charge is -2.37. The Bertz CT molecular complexity index is 784. The van der Waals surface area contributed by atoms with Crippen LogP contribution in [-0.4, -0.2) is 77.6 Å². The van der Waals surface area contributed by atoms with E-state index in [0.29, 0.717) is 11.7 Å². The highest BCUT2D eigenvalue weighted by Gasteiger charge is 2.25. The van der Waals surface area contributed by atoms with Gasteiger partial charge in [-0.1, -0.05) is 23.4 Å². The van der Waals surface area contributed by atoms with Crippen molar-refractivity contribution >= 4 is 5.91 Å². The minimum atomic E-state index is -0.0475. The first kappa shape index (κ1) is 20.3. The first-order valence-corrected chi connectivity index (χ1v) is 9.61. The van der Waals surface area contributed by atoms with Gasteiger partial charge in [0.15, 0.2) is 12.4 Å². The van der Waals surface area contributed by atoms with Gasteiger partial charge in [0.1, 0.15) is 5.75 Å². The number of carbonyl (C=O) groups is 1. The molecule has 8 heteroatoms. The Morgan fingerprint density at radius 1 is 1.25 bits per heavy atom. The zero-order valence-corrected chi connectivity index (χ0v) is 17.1. The fraction of sp³-hybridized carbons (Fsp3) is 0.550. The zero-order chi connectivity index (χ0) is 20.1. The molecule has 28 heavy (non-hydrogen) atoms. The highest BCUT2D eigenvalue weighted by molar-refractivity contribution is 5.77. The van der Waals surface area contributed by atoms with E-state index in [1.165, 1.54) is 4.90 Å². The Morgan fingerprint density at radius 3 is 2.61 bits per heavy atom. The van der Waals surface area contributed by atoms with Gasteiger partial charge in [-0.05, 0) is 19.9 Å². The largest absolute Gasteiger partial charge is 0.483 e. The molecule has 1 aliphatic rings. The summed E-state index contributed by atoms with van der Waals surface area (Å²) in [4.78, 5) is 22.5. The number of aryl methyl sites for hydroxylation is 1. The minimum absolute atomic E-state index is 0.0475. The van der Waals surface area contributed by atoms with E-state index >= 15 is 0 Å². The number of likely N-dealkylation sites (N-methyl/N-ethyl adjacent to an activating group) is 1. The maximum atomic E-state index is 11.8. The summed E-state index contributed by atoms with van der Waals surface area (Å²) in [7, 11) is 3.46. The predicted octanol–water partition coefficient (Wildman–Crippen LogP) is 1.72. The number of benzene rings is 1. The van der Waals surface area contributed by atoms with E-state index in [1.54, 1.807) is 14.1 Å². The van der Waals surface area contributed by atoms with E-state index in [-0.39, 0.29) is 18.6 Å². The van der Waals surface area contributed by atoms with Crippen LogP contribution < -0.4 is 4.74 Å². The fourth-order valence-corrected chi connectivity index (χ4v) is 3.23. The molecule has 1 atom stereocenters. The van der Waals surface area contributed by atoms with Gasteiger partial charge in [-0.2, -0.15) is 4.98 Å². The molecule has 1 amide bonds. The number of amides is 1. The Labute approximate surface area is 166 Å². The average molecular weight is 387 g/mol. The SMILES string of the molecule is Cc1noc(C(C)N2CCN(Cc3ccccc3OCC(=O)N(C)C)CC2)n1. The lowest BCUT2D eigenvalue weighted by Crippen LogP contribution is -2.46. The monoisotopic (exact) mass is 387 g/mol. The van der Waals surface area contributed by atoms with E-state index in [1.807, 2.05) is 25.1 Å². The number of para-hydroxylation sites is 1. The second-order valence-electron chi connectivity index (χ2n) is 7.35. The van der Waals surface area contributed by atoms with Gasteiger partial charge < -0.3 is 14.2 Å². The van der Waals surface area contributed by atoms with Crippen molar-refractivity contribution in [1.82, 2.24) is 24.8 Å². The van der Waals surface area contributed by atoms with Gasteiger partial charge in [-0.25, -0.2) is 0 Å². The molecule has 1 aromatic carbocycles. The Hall–Kier alpha value is -2.45. The first-order valence-electron chi connectivity index (χ1n) is 9.61. The summed E-state index contributed by atoms with van der Waals surface area (Å²) in [6.45, 7) is 8.56. The maximum absolute atomic E-state index is 11.8. The van der Waals surface area contributed by atoms with Crippen LogP contribution in [0.5, 0.6) is 5.75 Å². The molecule has 0 aliphatic carbocycles. The summed E-state index contributed by atoms with van der Waals surface area (Å²) in [5.74, 6) is 2.07. The van der Waals surface area contributed by atoms with E-state index in [2.05, 4.69) is 32.9 Å². The van der Waals surface area contributed by atoms with E-state index in [9.17, 15) is 4.79 Å². The molecule has 152 valence electrons. The smallest absolute Gasteiger partial charge is 0.259 e. The van der Waals surface area contributed by atoms with Crippen LogP contribution in [0.15, 0.2) is 28.8 Å². The van der Waals surface area contributed by atoms with Crippen LogP contribution >= 0.6 is 0 Å². The third-order valence-corrected chi connectivity index (χ3v) is 5.07. The number of aromatic nitrogens is 2. The van der Waals surface area contributed by atoms with Crippen molar-refractivity contribution in [3.05, 3.63) is 41.5 Å². The fourth-order valence-electron chi connectivity index (χ4n) is 3.23. The van der Waals surface area contributed by atoms with Gasteiger partial charge in [0, 0.05) is 52.4 Å². The number of hydrogen-bond donors (Lipinski definition) is 0. The van der Waals surface area contributed by atoms with Gasteiger partial charge in [0.05, 0.1) is 6.04 Å². The normalized spacial score (nSPS) is 16.7. The molecule has 1 fully saturated rings. The van der Waals surface area contributed by atoms with Gasteiger partial charge in [-0.3, -0.25) is 14.6 Å². The highest BCUT2D eigenvalue weighted by Crippen LogP contribution is 2.23. The summed E-state index contributed by atoms with van der Waals surface area (Å²) < 4.78 is 11.1. The number of ether oxygens (including phenoxy) is 1. The summed E-state index contributed by atoms with van der Waals surface area (Å²) in [6, 6.07) is 8.05. The van der Waals surface area contributed by atoms with Gasteiger partial charge in [-0.15, -0.1) is 0 Å². The number of piperazine rings is 1. The lowest BCUT2D eigenvalue weighted by molar-refractivity contribution is -0.130. The highest BCUT2D eigenvalue weighted by atomic mass is 16.5. The van der Waals surface area contributed by atoms with Crippen molar-refractivity contribution in [3.63, 3.8) is 0 Å². The van der Waals surface area contributed by atoms with Crippen molar-refractivity contribution in [3.8, 4) is 5.75 Å². The summed E-state index contributed by atoms with van der Waals surface area (Å²) in [6.07, 6.45) is 0. The number of nitrogens with zero attached hydrogens (tertiary/aromatic N) is 5. The van der Waals surface area contributed by atoms with Crippen LogP contribution in [0.1, 0.15) is 30.2 Å². The second kappa shape index (κ2) is 9.16. The van der Waals surface area contributed by atoms with E-state index in [4.69, 9.17) is 9.26 Å². The van der Waals surface area contributed by atoms with Crippen LogP contribution in [0, 0.1) is 6.92 Å². The van der Waals surface area contributed by atoms with E-state index < -0.39 is 0 Å². The quantitative estimate of drug-likeness (QED) is 0.716. The van der Waals surface area contributed by atoms with Crippen molar-refractivity contribution in [2.24, 2.45) is 0 Å². The molecule has 8 nitrogen and oxygen atoms in total. The summed E-state index contributed by atoms with van der Waals surface area (Å²) in [5.41, 5.74) is 1.10. The molecule has 1 aromatic heterocycles. The maximum Gasteiger partial charge on any atom is 0.259 e. The van der Waals surface area contributed by atoms with Crippen molar-refractivity contribution in [2.45, 2.75) is 26.4 Å². The van der Waals surface area contributed by atoms with Crippen LogP contribution in [0.2, 0.25) is 0 Å². The Balaban J connectivity index is 1.54. The molecule has 1 saturated heterocycles. The second-order valence-corrected chi connectivity index (χ2v) is 7.35. The summed E-state index contributed by atoms with van der Waals surface area (Å²) in [5, 5.41) is 3.89. The summed E-state index contributed by atoms with van der Waals surface area (Å²) >= 11 is 0. The Kier molecular flexibility index (Phi) is 6.64. The van der Waals surface area contributed by atoms with Crippen LogP contribution in [-0.2, 0) is 11.3 Å². The predicted molar refractivity (Wildman–Crippen MR) is 105 cm³/mol. The lowest BCUT2D eigenvalue weighted by atomic mass is 10.1. The third-order valence-electron chi connectivity index (χ3n) is 5.07. The van der Waals surface area contributed by atoms with Crippen molar-refractivity contribution in [2.75, 3.05) is 46.9 Å². The van der Waals surface area contributed by atoms with Gasteiger partial charge in [0.25, 0.3) is 5.91 Å². The van der Waals surface area contributed by atoms with Crippen molar-refractivity contribution in [1.29, 1.82) is 0 Å². The molecular weight excluding hydrogens is 358 g/mol. The molecule has 0 N–H and O–H groups in total. The molecule has 0 bridgehead atoms. The molecule has 1 unspecified atom stereocenters. The topological polar surface area (TPSA) is 74.9 Å². The number of rotatable bonds is 7. The van der Waals surface area contributed by atoms with Gasteiger partial charge in [0.2, 0.25) is 5.89 Å². The minimum Gasteiger partial charge on any atom is -0.483 e. The molecule has 1 aliphatic heterocycles. The molecule has 0 spiro atoms. The Morgan fingerprint density at radius 2 is 1.96 bits per heavy atom. The first-order chi connectivity index (χ1) is 13.4. The average Bonchev–Trinajstić information content (AvgIpc) is 3.13. The van der Waals surface area contributed by atoms with Gasteiger partial charge >= 0.3 is 0 Å². The number of hydrogen-bond acceptors (Lipinski definition) is 7. The van der Waals surface area contributed by atoms with Crippen LogP contribution in [0.4, 0.5) is 0 Å². The third kappa shape index (κ3) is 5.08. The molecule has 0 radical (unpaired) electrons. The molecule has 0 saturated carbocycles. The number of carbonyl (C=O) groups excluding carboxylic acids is 1. The van der Waals surface area contributed by atoms with Crippen LogP contribution in [0.25, 0.3) is 0 Å².